The molecule has 0 aliphatic heterocycles. The molecule has 0 bridgehead atoms. The van der Waals surface area contributed by atoms with Crippen molar-refractivity contribution in [2.45, 2.75) is 6.92 Å². The van der Waals surface area contributed by atoms with Gasteiger partial charge in [0, 0.05) is 16.3 Å². The highest BCUT2D eigenvalue weighted by molar-refractivity contribution is 7.80. The largest absolute Gasteiger partial charge is 0.451 e. The Balaban J connectivity index is 1.58. The first-order chi connectivity index (χ1) is 12.5. The van der Waals surface area contributed by atoms with Gasteiger partial charge in [-0.1, -0.05) is 35.9 Å². The second-order valence-corrected chi connectivity index (χ2v) is 6.42. The number of hydrogen-bond donors (Lipinski definition) is 3. The number of anilines is 1. The van der Waals surface area contributed by atoms with E-state index in [9.17, 15) is 4.79 Å². The molecule has 1 amide bonds. The number of hydrogen-bond acceptors (Lipinski definition) is 3. The molecule has 1 aromatic heterocycles. The van der Waals surface area contributed by atoms with E-state index in [4.69, 9.17) is 28.2 Å². The lowest BCUT2D eigenvalue weighted by molar-refractivity contribution is 0.0917. The van der Waals surface area contributed by atoms with Crippen LogP contribution in [0.1, 0.15) is 16.1 Å². The third-order valence-electron chi connectivity index (χ3n) is 3.50. The molecule has 2 aromatic carbocycles. The van der Waals surface area contributed by atoms with Crippen LogP contribution in [0.25, 0.3) is 11.3 Å². The van der Waals surface area contributed by atoms with Gasteiger partial charge >= 0.3 is 5.91 Å². The van der Waals surface area contributed by atoms with Crippen molar-refractivity contribution >= 4 is 40.5 Å². The van der Waals surface area contributed by atoms with Gasteiger partial charge in [-0.25, -0.2) is 0 Å². The first kappa shape index (κ1) is 18.0. The molecule has 3 N–H and O–H groups in total. The quantitative estimate of drug-likeness (QED) is 0.456. The maximum absolute atomic E-state index is 12.2. The molecule has 0 spiro atoms. The Morgan fingerprint density at radius 3 is 2.62 bits per heavy atom. The van der Waals surface area contributed by atoms with Crippen molar-refractivity contribution in [1.29, 1.82) is 0 Å². The van der Waals surface area contributed by atoms with Crippen LogP contribution in [-0.4, -0.2) is 11.0 Å². The number of amides is 1. The molecule has 132 valence electrons. The van der Waals surface area contributed by atoms with Crippen LogP contribution in [0.15, 0.2) is 65.1 Å². The van der Waals surface area contributed by atoms with E-state index in [1.54, 1.807) is 24.3 Å². The second kappa shape index (κ2) is 8.03. The minimum Gasteiger partial charge on any atom is -0.451 e. The summed E-state index contributed by atoms with van der Waals surface area (Å²) in [4.78, 5) is 12.2. The zero-order valence-electron chi connectivity index (χ0n) is 13.9. The van der Waals surface area contributed by atoms with Crippen LogP contribution in [-0.2, 0) is 0 Å². The van der Waals surface area contributed by atoms with Gasteiger partial charge in [-0.15, -0.1) is 0 Å². The van der Waals surface area contributed by atoms with Gasteiger partial charge in [0.05, 0.1) is 0 Å². The minimum atomic E-state index is -0.438. The molecule has 1 heterocycles. The van der Waals surface area contributed by atoms with Crippen molar-refractivity contribution in [3.63, 3.8) is 0 Å². The Kier molecular flexibility index (Phi) is 5.55. The van der Waals surface area contributed by atoms with E-state index in [2.05, 4.69) is 16.2 Å². The van der Waals surface area contributed by atoms with Gasteiger partial charge in [0.15, 0.2) is 10.9 Å². The number of carbonyl (C=O) groups is 1. The SMILES string of the molecule is Cc1cccc(NC(=S)NNC(=O)c2ccc(-c3cccc(Cl)c3)o2)c1. The number of halogens is 1. The first-order valence-corrected chi connectivity index (χ1v) is 8.60. The van der Waals surface area contributed by atoms with Crippen molar-refractivity contribution < 1.29 is 9.21 Å². The number of thiocarbonyl (C=S) groups is 1. The summed E-state index contributed by atoms with van der Waals surface area (Å²) in [7, 11) is 0. The van der Waals surface area contributed by atoms with Crippen LogP contribution in [0.5, 0.6) is 0 Å². The van der Waals surface area contributed by atoms with Gasteiger partial charge in [-0.05, 0) is 61.1 Å². The maximum Gasteiger partial charge on any atom is 0.305 e. The zero-order valence-corrected chi connectivity index (χ0v) is 15.4. The van der Waals surface area contributed by atoms with Gasteiger partial charge in [-0.2, -0.15) is 0 Å². The first-order valence-electron chi connectivity index (χ1n) is 7.81. The summed E-state index contributed by atoms with van der Waals surface area (Å²) in [5.74, 6) is 0.274. The molecule has 26 heavy (non-hydrogen) atoms. The molecule has 7 heteroatoms. The zero-order chi connectivity index (χ0) is 18.5. The van der Waals surface area contributed by atoms with Gasteiger partial charge in [0.1, 0.15) is 5.76 Å². The predicted octanol–water partition coefficient (Wildman–Crippen LogP) is 4.54. The summed E-state index contributed by atoms with van der Waals surface area (Å²) in [6.07, 6.45) is 0. The highest BCUT2D eigenvalue weighted by atomic mass is 35.5. The van der Waals surface area contributed by atoms with E-state index in [-0.39, 0.29) is 10.9 Å². The summed E-state index contributed by atoms with van der Waals surface area (Å²) < 4.78 is 5.58. The minimum absolute atomic E-state index is 0.158. The monoisotopic (exact) mass is 385 g/mol. The number of furan rings is 1. The number of hydrazine groups is 1. The standard InChI is InChI=1S/C19H16ClN3O2S/c1-12-4-2-7-15(10-12)21-19(26)23-22-18(24)17-9-8-16(25-17)13-5-3-6-14(20)11-13/h2-11H,1H3,(H,22,24)(H2,21,23,26). The van der Waals surface area contributed by atoms with Gasteiger partial charge in [-0.3, -0.25) is 15.6 Å². The lowest BCUT2D eigenvalue weighted by Gasteiger charge is -2.11. The summed E-state index contributed by atoms with van der Waals surface area (Å²) in [5, 5.41) is 3.85. The fourth-order valence-corrected chi connectivity index (χ4v) is 2.68. The van der Waals surface area contributed by atoms with Gasteiger partial charge in [0.25, 0.3) is 0 Å². The molecular formula is C19H16ClN3O2S. The van der Waals surface area contributed by atoms with Gasteiger partial charge < -0.3 is 9.73 Å². The van der Waals surface area contributed by atoms with E-state index in [0.29, 0.717) is 10.8 Å². The van der Waals surface area contributed by atoms with Crippen LogP contribution < -0.4 is 16.2 Å². The van der Waals surface area contributed by atoms with E-state index < -0.39 is 5.91 Å². The average molecular weight is 386 g/mol. The molecule has 0 aliphatic carbocycles. The lowest BCUT2D eigenvalue weighted by atomic mass is 10.2. The maximum atomic E-state index is 12.2. The molecule has 0 radical (unpaired) electrons. The van der Waals surface area contributed by atoms with E-state index >= 15 is 0 Å². The van der Waals surface area contributed by atoms with E-state index in [1.165, 1.54) is 0 Å². The van der Waals surface area contributed by atoms with Crippen molar-refractivity contribution in [2.75, 3.05) is 5.32 Å². The molecule has 0 saturated heterocycles. The smallest absolute Gasteiger partial charge is 0.305 e. The lowest BCUT2D eigenvalue weighted by Crippen LogP contribution is -2.43. The summed E-state index contributed by atoms with van der Waals surface area (Å²) in [5.41, 5.74) is 7.87. The number of aryl methyl sites for hydroxylation is 1. The Bertz CT molecular complexity index is 955. The predicted molar refractivity (Wildman–Crippen MR) is 107 cm³/mol. The summed E-state index contributed by atoms with van der Waals surface area (Å²) >= 11 is 11.1. The van der Waals surface area contributed by atoms with Crippen molar-refractivity contribution in [3.8, 4) is 11.3 Å². The van der Waals surface area contributed by atoms with Gasteiger partial charge in [0.2, 0.25) is 0 Å². The summed E-state index contributed by atoms with van der Waals surface area (Å²) in [6.45, 7) is 1.98. The molecule has 0 atom stereocenters. The van der Waals surface area contributed by atoms with Crippen LogP contribution in [0.4, 0.5) is 5.69 Å². The summed E-state index contributed by atoms with van der Waals surface area (Å²) in [6, 6.07) is 18.2. The molecule has 0 aliphatic rings. The molecule has 0 saturated carbocycles. The van der Waals surface area contributed by atoms with Crippen LogP contribution in [0.3, 0.4) is 0 Å². The Morgan fingerprint density at radius 2 is 1.85 bits per heavy atom. The highest BCUT2D eigenvalue weighted by Crippen LogP contribution is 2.24. The normalized spacial score (nSPS) is 10.2. The number of benzene rings is 2. The molecule has 5 nitrogen and oxygen atoms in total. The Hall–Kier alpha value is -2.83. The molecule has 0 unspecified atom stereocenters. The molecule has 0 fully saturated rings. The van der Waals surface area contributed by atoms with E-state index in [0.717, 1.165) is 16.8 Å². The number of rotatable bonds is 3. The third-order valence-corrected chi connectivity index (χ3v) is 3.94. The topological polar surface area (TPSA) is 66.3 Å². The Labute approximate surface area is 161 Å². The second-order valence-electron chi connectivity index (χ2n) is 5.58. The van der Waals surface area contributed by atoms with Crippen LogP contribution in [0.2, 0.25) is 5.02 Å². The Morgan fingerprint density at radius 1 is 1.04 bits per heavy atom. The van der Waals surface area contributed by atoms with Crippen LogP contribution in [0, 0.1) is 6.92 Å². The molecule has 3 aromatic rings. The third kappa shape index (κ3) is 4.62. The average Bonchev–Trinajstić information content (AvgIpc) is 3.10. The van der Waals surface area contributed by atoms with Crippen molar-refractivity contribution in [3.05, 3.63) is 77.0 Å². The number of carbonyl (C=O) groups excluding carboxylic acids is 1. The van der Waals surface area contributed by atoms with E-state index in [1.807, 2.05) is 43.3 Å². The highest BCUT2D eigenvalue weighted by Gasteiger charge is 2.12. The number of nitrogens with one attached hydrogen (secondary N) is 3. The molecular weight excluding hydrogens is 370 g/mol. The van der Waals surface area contributed by atoms with Crippen LogP contribution >= 0.6 is 23.8 Å². The fourth-order valence-electron chi connectivity index (χ4n) is 2.32. The fraction of sp³-hybridized carbons (Fsp3) is 0.0526. The van der Waals surface area contributed by atoms with Crippen molar-refractivity contribution in [1.82, 2.24) is 10.9 Å². The van der Waals surface area contributed by atoms with Crippen molar-refractivity contribution in [2.24, 2.45) is 0 Å². The molecule has 3 rings (SSSR count).